The zero-order valence-electron chi connectivity index (χ0n) is 17.1. The van der Waals surface area contributed by atoms with E-state index in [1.807, 2.05) is 0 Å². The maximum Gasteiger partial charge on any atom is 0.302 e. The lowest BCUT2D eigenvalue weighted by molar-refractivity contribution is -0.169. The van der Waals surface area contributed by atoms with Crippen LogP contribution in [0.25, 0.3) is 0 Å². The van der Waals surface area contributed by atoms with Crippen LogP contribution in [-0.4, -0.2) is 17.9 Å². The summed E-state index contributed by atoms with van der Waals surface area (Å²) in [5.41, 5.74) is 0.513. The van der Waals surface area contributed by atoms with Gasteiger partial charge in [0.2, 0.25) is 0 Å². The Bertz CT molecular complexity index is 598. The summed E-state index contributed by atoms with van der Waals surface area (Å²) in [6.45, 7) is 8.82. The number of ketones is 1. The van der Waals surface area contributed by atoms with Crippen LogP contribution in [0, 0.1) is 40.4 Å². The van der Waals surface area contributed by atoms with Crippen molar-refractivity contribution in [3.8, 4) is 0 Å². The molecular weight excluding hydrogens is 324 g/mol. The molecule has 0 heterocycles. The maximum absolute atomic E-state index is 12.1. The molecule has 0 aromatic heterocycles. The molecule has 4 aliphatic carbocycles. The molecule has 0 spiro atoms. The van der Waals surface area contributed by atoms with Gasteiger partial charge in [-0.2, -0.15) is 0 Å². The maximum atomic E-state index is 12.1. The number of carbonyl (C=O) groups is 2. The number of fused-ring (bicyclic) bond motifs is 5. The Kier molecular flexibility index (Phi) is 4.51. The van der Waals surface area contributed by atoms with Crippen LogP contribution in [0.1, 0.15) is 85.5 Å². The molecule has 3 nitrogen and oxygen atoms in total. The molecule has 0 aromatic rings. The van der Waals surface area contributed by atoms with Gasteiger partial charge in [-0.15, -0.1) is 0 Å². The predicted molar refractivity (Wildman–Crippen MR) is 101 cm³/mol. The van der Waals surface area contributed by atoms with Gasteiger partial charge < -0.3 is 4.74 Å². The standard InChI is InChI=1S/C23H36O3/c1-5-15-12-16-13-17(25)8-10-22(16,3)19-9-11-23(4)18(21(15)19)6-7-20(23)26-14(2)24/h15-16,18-21H,5-13H2,1-4H3/t15?,16?,18-,19+,20?,21-,22-,23-/m0/s1. The number of hydrogen-bond acceptors (Lipinski definition) is 3. The van der Waals surface area contributed by atoms with E-state index in [4.69, 9.17) is 4.74 Å². The van der Waals surface area contributed by atoms with Gasteiger partial charge in [-0.05, 0) is 73.5 Å². The van der Waals surface area contributed by atoms with Crippen molar-refractivity contribution < 1.29 is 14.3 Å². The van der Waals surface area contributed by atoms with E-state index in [-0.39, 0.29) is 17.5 Å². The number of carbonyl (C=O) groups excluding carboxylic acids is 2. The molecule has 0 amide bonds. The first kappa shape index (κ1) is 18.5. The average molecular weight is 361 g/mol. The second kappa shape index (κ2) is 6.34. The van der Waals surface area contributed by atoms with E-state index in [9.17, 15) is 9.59 Å². The van der Waals surface area contributed by atoms with Crippen molar-refractivity contribution in [1.82, 2.24) is 0 Å². The van der Waals surface area contributed by atoms with Gasteiger partial charge in [-0.3, -0.25) is 9.59 Å². The van der Waals surface area contributed by atoms with E-state index in [0.29, 0.717) is 23.0 Å². The first-order valence-corrected chi connectivity index (χ1v) is 11.0. The first-order valence-electron chi connectivity index (χ1n) is 11.0. The number of esters is 1. The largest absolute Gasteiger partial charge is 0.462 e. The fraction of sp³-hybridized carbons (Fsp3) is 0.913. The molecule has 4 saturated carbocycles. The molecule has 0 bridgehead atoms. The second-order valence-corrected chi connectivity index (χ2v) is 10.4. The van der Waals surface area contributed by atoms with Gasteiger partial charge >= 0.3 is 5.97 Å². The highest BCUT2D eigenvalue weighted by Crippen LogP contribution is 2.68. The molecule has 0 radical (unpaired) electrons. The van der Waals surface area contributed by atoms with Gasteiger partial charge in [0.1, 0.15) is 11.9 Å². The highest BCUT2D eigenvalue weighted by Gasteiger charge is 2.62. The lowest BCUT2D eigenvalue weighted by Crippen LogP contribution is -2.57. The number of rotatable bonds is 2. The topological polar surface area (TPSA) is 43.4 Å². The quantitative estimate of drug-likeness (QED) is 0.638. The van der Waals surface area contributed by atoms with E-state index in [1.165, 1.54) is 32.1 Å². The predicted octanol–water partition coefficient (Wildman–Crippen LogP) is 5.17. The monoisotopic (exact) mass is 360 g/mol. The molecule has 0 aliphatic heterocycles. The molecule has 0 N–H and O–H groups in total. The van der Waals surface area contributed by atoms with E-state index in [2.05, 4.69) is 20.8 Å². The van der Waals surface area contributed by atoms with E-state index >= 15 is 0 Å². The molecule has 3 unspecified atom stereocenters. The van der Waals surface area contributed by atoms with Crippen LogP contribution in [0.2, 0.25) is 0 Å². The molecule has 4 fully saturated rings. The first-order chi connectivity index (χ1) is 12.3. The molecule has 4 rings (SSSR count). The van der Waals surface area contributed by atoms with Crippen molar-refractivity contribution >= 4 is 11.8 Å². The van der Waals surface area contributed by atoms with Gasteiger partial charge in [-0.25, -0.2) is 0 Å². The summed E-state index contributed by atoms with van der Waals surface area (Å²) < 4.78 is 5.79. The van der Waals surface area contributed by atoms with Crippen LogP contribution in [-0.2, 0) is 14.3 Å². The fourth-order valence-electron chi connectivity index (χ4n) is 7.99. The third-order valence-electron chi connectivity index (χ3n) is 9.41. The Morgan fingerprint density at radius 2 is 1.85 bits per heavy atom. The van der Waals surface area contributed by atoms with Crippen LogP contribution in [0.4, 0.5) is 0 Å². The second-order valence-electron chi connectivity index (χ2n) is 10.4. The minimum atomic E-state index is -0.118. The van der Waals surface area contributed by atoms with Crippen LogP contribution in [0.5, 0.6) is 0 Å². The van der Waals surface area contributed by atoms with Crippen molar-refractivity contribution in [2.75, 3.05) is 0 Å². The molecular formula is C23H36O3. The third kappa shape index (κ3) is 2.59. The minimum absolute atomic E-state index is 0.113. The van der Waals surface area contributed by atoms with E-state index < -0.39 is 0 Å². The highest BCUT2D eigenvalue weighted by atomic mass is 16.5. The smallest absolute Gasteiger partial charge is 0.302 e. The van der Waals surface area contributed by atoms with Crippen molar-refractivity contribution in [3.05, 3.63) is 0 Å². The molecule has 4 aliphatic rings. The lowest BCUT2D eigenvalue weighted by Gasteiger charge is -2.62. The van der Waals surface area contributed by atoms with Gasteiger partial charge in [0.25, 0.3) is 0 Å². The van der Waals surface area contributed by atoms with E-state index in [0.717, 1.165) is 43.4 Å². The van der Waals surface area contributed by atoms with Crippen molar-refractivity contribution in [2.24, 2.45) is 40.4 Å². The Balaban J connectivity index is 1.66. The Morgan fingerprint density at radius 1 is 1.12 bits per heavy atom. The SMILES string of the molecule is CCC1CC2CC(=O)CC[C@]2(C)[C@@H]2CC[C@]3(C)C(OC(C)=O)CC[C@H]3[C@H]12. The number of Topliss-reactive ketones (excluding diaryl/α,β-unsaturated/α-hetero) is 1. The van der Waals surface area contributed by atoms with Crippen molar-refractivity contribution in [3.63, 3.8) is 0 Å². The van der Waals surface area contributed by atoms with Crippen LogP contribution < -0.4 is 0 Å². The van der Waals surface area contributed by atoms with Crippen molar-refractivity contribution in [2.45, 2.75) is 91.6 Å². The fourth-order valence-corrected chi connectivity index (χ4v) is 7.99. The van der Waals surface area contributed by atoms with Gasteiger partial charge in [-0.1, -0.05) is 27.2 Å². The lowest BCUT2D eigenvalue weighted by atomic mass is 9.42. The van der Waals surface area contributed by atoms with E-state index in [1.54, 1.807) is 6.92 Å². The molecule has 3 heteroatoms. The zero-order valence-corrected chi connectivity index (χ0v) is 17.1. The van der Waals surface area contributed by atoms with Gasteiger partial charge in [0.05, 0.1) is 0 Å². The minimum Gasteiger partial charge on any atom is -0.462 e. The molecule has 8 atom stereocenters. The number of hydrogen-bond donors (Lipinski definition) is 0. The Labute approximate surface area is 158 Å². The molecule has 26 heavy (non-hydrogen) atoms. The summed E-state index contributed by atoms with van der Waals surface area (Å²) in [6, 6.07) is 0. The summed E-state index contributed by atoms with van der Waals surface area (Å²) in [7, 11) is 0. The van der Waals surface area contributed by atoms with Crippen molar-refractivity contribution in [1.29, 1.82) is 0 Å². The average Bonchev–Trinajstić information content (AvgIpc) is 2.91. The molecule has 146 valence electrons. The zero-order chi connectivity index (χ0) is 18.7. The van der Waals surface area contributed by atoms with Gasteiger partial charge in [0, 0.05) is 25.2 Å². The molecule has 0 saturated heterocycles. The summed E-state index contributed by atoms with van der Waals surface area (Å²) in [5, 5.41) is 0. The summed E-state index contributed by atoms with van der Waals surface area (Å²) >= 11 is 0. The van der Waals surface area contributed by atoms with Crippen LogP contribution in [0.15, 0.2) is 0 Å². The van der Waals surface area contributed by atoms with Crippen LogP contribution in [0.3, 0.4) is 0 Å². The molecule has 0 aromatic carbocycles. The third-order valence-corrected chi connectivity index (χ3v) is 9.41. The van der Waals surface area contributed by atoms with Gasteiger partial charge in [0.15, 0.2) is 0 Å². The normalized spacial score (nSPS) is 50.5. The summed E-state index contributed by atoms with van der Waals surface area (Å²) in [5.74, 6) is 3.92. The number of ether oxygens (including phenoxy) is 1. The van der Waals surface area contributed by atoms with Crippen LogP contribution >= 0.6 is 0 Å². The summed E-state index contributed by atoms with van der Waals surface area (Å²) in [6.07, 6.45) is 10.0. The Hall–Kier alpha value is -0.860. The Morgan fingerprint density at radius 3 is 2.54 bits per heavy atom. The summed E-state index contributed by atoms with van der Waals surface area (Å²) in [4.78, 5) is 23.8. The highest BCUT2D eigenvalue weighted by molar-refractivity contribution is 5.79.